The smallest absolute Gasteiger partial charge is 0.306 e. The Morgan fingerprint density at radius 2 is 0.532 bits per heavy atom. The molecule has 442 valence electrons. The summed E-state index contributed by atoms with van der Waals surface area (Å²) in [4.78, 5) is 38.2. The van der Waals surface area contributed by atoms with Gasteiger partial charge in [-0.25, -0.2) is 0 Å². The van der Waals surface area contributed by atoms with Crippen molar-refractivity contribution in [2.24, 2.45) is 0 Å². The molecule has 6 heteroatoms. The van der Waals surface area contributed by atoms with Gasteiger partial charge in [-0.1, -0.05) is 304 Å². The highest BCUT2D eigenvalue weighted by Crippen LogP contribution is 2.17. The third-order valence-electron chi connectivity index (χ3n) is 14.1. The highest BCUT2D eigenvalue weighted by Gasteiger charge is 2.19. The number of allylic oxidation sites excluding steroid dienone is 16. The van der Waals surface area contributed by atoms with Gasteiger partial charge < -0.3 is 14.2 Å². The van der Waals surface area contributed by atoms with Crippen LogP contribution in [0.25, 0.3) is 0 Å². The molecule has 0 rings (SSSR count). The molecule has 77 heavy (non-hydrogen) atoms. The fourth-order valence-corrected chi connectivity index (χ4v) is 9.21. The Balaban J connectivity index is 4.27. The van der Waals surface area contributed by atoms with Gasteiger partial charge in [0.25, 0.3) is 0 Å². The van der Waals surface area contributed by atoms with Crippen molar-refractivity contribution in [3.63, 3.8) is 0 Å². The van der Waals surface area contributed by atoms with E-state index in [2.05, 4.69) is 112 Å². The van der Waals surface area contributed by atoms with Crippen molar-refractivity contribution in [1.82, 2.24) is 0 Å². The van der Waals surface area contributed by atoms with Crippen molar-refractivity contribution in [3.8, 4) is 0 Å². The number of unbranched alkanes of at least 4 members (excludes halogenated alkanes) is 32. The zero-order valence-corrected chi connectivity index (χ0v) is 50.7. The zero-order chi connectivity index (χ0) is 55.7. The molecule has 0 N–H and O–H groups in total. The average molecular weight is 1070 g/mol. The minimum Gasteiger partial charge on any atom is -0.462 e. The molecule has 0 aliphatic heterocycles. The van der Waals surface area contributed by atoms with Gasteiger partial charge >= 0.3 is 17.9 Å². The van der Waals surface area contributed by atoms with Gasteiger partial charge in [0.15, 0.2) is 6.10 Å². The maximum atomic E-state index is 12.8. The quantitative estimate of drug-likeness (QED) is 0.0261. The van der Waals surface area contributed by atoms with Crippen LogP contribution < -0.4 is 0 Å². The van der Waals surface area contributed by atoms with Crippen LogP contribution in [0.1, 0.15) is 316 Å². The van der Waals surface area contributed by atoms with Crippen LogP contribution in [0.5, 0.6) is 0 Å². The topological polar surface area (TPSA) is 78.9 Å². The normalized spacial score (nSPS) is 12.7. The van der Waals surface area contributed by atoms with Gasteiger partial charge in [0, 0.05) is 19.3 Å². The van der Waals surface area contributed by atoms with Gasteiger partial charge in [-0.3, -0.25) is 14.4 Å². The first-order valence-electron chi connectivity index (χ1n) is 32.7. The predicted octanol–water partition coefficient (Wildman–Crippen LogP) is 22.4. The van der Waals surface area contributed by atoms with Gasteiger partial charge in [-0.05, 0) is 89.9 Å². The van der Waals surface area contributed by atoms with Gasteiger partial charge in [-0.2, -0.15) is 0 Å². The molecule has 0 amide bonds. The van der Waals surface area contributed by atoms with E-state index < -0.39 is 6.10 Å². The molecule has 0 saturated carbocycles. The number of hydrogen-bond acceptors (Lipinski definition) is 6. The molecule has 0 aliphatic carbocycles. The van der Waals surface area contributed by atoms with Crippen molar-refractivity contribution < 1.29 is 28.6 Å². The Morgan fingerprint density at radius 1 is 0.273 bits per heavy atom. The second kappa shape index (κ2) is 64.9. The summed E-state index contributed by atoms with van der Waals surface area (Å²) in [5.41, 5.74) is 0. The van der Waals surface area contributed by atoms with Crippen molar-refractivity contribution in [2.75, 3.05) is 13.2 Å². The Hall–Kier alpha value is -3.67. The van der Waals surface area contributed by atoms with Crippen LogP contribution >= 0.6 is 0 Å². The number of esters is 3. The molecular weight excluding hydrogens is 949 g/mol. The molecule has 0 aliphatic rings. The molecule has 0 bridgehead atoms. The molecule has 0 fully saturated rings. The van der Waals surface area contributed by atoms with Crippen LogP contribution in [-0.2, 0) is 28.6 Å². The highest BCUT2D eigenvalue weighted by molar-refractivity contribution is 5.71. The van der Waals surface area contributed by atoms with Crippen LogP contribution in [0.2, 0.25) is 0 Å². The lowest BCUT2D eigenvalue weighted by molar-refractivity contribution is -0.166. The molecule has 0 saturated heterocycles. The first-order chi connectivity index (χ1) is 38.0. The summed E-state index contributed by atoms with van der Waals surface area (Å²) in [6.45, 7) is 6.47. The highest BCUT2D eigenvalue weighted by atomic mass is 16.6. The Labute approximate surface area is 477 Å². The molecular formula is C71H122O6. The van der Waals surface area contributed by atoms with Crippen LogP contribution in [0.3, 0.4) is 0 Å². The van der Waals surface area contributed by atoms with Crippen LogP contribution in [-0.4, -0.2) is 37.2 Å². The van der Waals surface area contributed by atoms with Gasteiger partial charge in [0.2, 0.25) is 0 Å². The lowest BCUT2D eigenvalue weighted by Gasteiger charge is -2.18. The van der Waals surface area contributed by atoms with Crippen LogP contribution in [0, 0.1) is 0 Å². The molecule has 0 radical (unpaired) electrons. The summed E-state index contributed by atoms with van der Waals surface area (Å²) >= 11 is 0. The fraction of sp³-hybridized carbons (Fsp3) is 0.732. The van der Waals surface area contributed by atoms with Crippen LogP contribution in [0.15, 0.2) is 97.2 Å². The number of ether oxygens (including phenoxy) is 3. The second-order valence-electron chi connectivity index (χ2n) is 21.6. The van der Waals surface area contributed by atoms with Crippen molar-refractivity contribution in [3.05, 3.63) is 97.2 Å². The molecule has 6 nitrogen and oxygen atoms in total. The van der Waals surface area contributed by atoms with E-state index in [0.717, 1.165) is 83.5 Å². The summed E-state index contributed by atoms with van der Waals surface area (Å²) in [5, 5.41) is 0. The van der Waals surface area contributed by atoms with E-state index in [-0.39, 0.29) is 37.5 Å². The van der Waals surface area contributed by atoms with E-state index in [4.69, 9.17) is 14.2 Å². The Morgan fingerprint density at radius 3 is 0.844 bits per heavy atom. The number of carbonyl (C=O) groups excluding carboxylic acids is 3. The second-order valence-corrected chi connectivity index (χ2v) is 21.6. The Kier molecular flexibility index (Phi) is 61.8. The fourth-order valence-electron chi connectivity index (χ4n) is 9.21. The van der Waals surface area contributed by atoms with E-state index in [1.54, 1.807) is 0 Å². The lowest BCUT2D eigenvalue weighted by atomic mass is 10.0. The predicted molar refractivity (Wildman–Crippen MR) is 334 cm³/mol. The molecule has 0 aromatic carbocycles. The monoisotopic (exact) mass is 1070 g/mol. The summed E-state index contributed by atoms with van der Waals surface area (Å²) in [6, 6.07) is 0. The molecule has 1 unspecified atom stereocenters. The summed E-state index contributed by atoms with van der Waals surface area (Å²) in [7, 11) is 0. The zero-order valence-electron chi connectivity index (χ0n) is 50.7. The number of hydrogen-bond donors (Lipinski definition) is 0. The third kappa shape index (κ3) is 63.0. The van der Waals surface area contributed by atoms with Crippen LogP contribution in [0.4, 0.5) is 0 Å². The Bertz CT molecular complexity index is 1510. The number of rotatable bonds is 59. The maximum absolute atomic E-state index is 12.8. The van der Waals surface area contributed by atoms with Gasteiger partial charge in [0.1, 0.15) is 13.2 Å². The SMILES string of the molecule is CC/C=C\C/C=C\C/C=C\C/C=C\C/C=C\C/C=C\CCC(=O)OC(COC(=O)CCCCCCCCCCCCC)COC(=O)CCCCCCCCCCCCCCCCCCC/C=C\C/C=C\CCCCCCC. The lowest BCUT2D eigenvalue weighted by Crippen LogP contribution is -2.30. The standard InChI is InChI=1S/C71H122O6/c1-4-7-10-13-16-19-22-24-26-28-30-31-32-33-34-35-36-37-38-39-41-42-44-46-49-52-55-58-61-64-70(73)76-67-68(66-75-69(72)63-60-57-54-51-48-21-18-15-12-9-6-3)77-71(74)65-62-59-56-53-50-47-45-43-40-29-27-25-23-20-17-14-11-8-5-2/h8,11,17,20,22,24-25,27-28,30,40,43,47,50,56,59,68H,4-7,9-10,12-16,18-19,21,23,26,29,31-39,41-42,44-46,48-49,51-55,57-58,60-67H2,1-3H3/b11-8-,20-17-,24-22-,27-25-,30-28-,43-40-,50-47-,59-56-. The van der Waals surface area contributed by atoms with Crippen molar-refractivity contribution in [1.29, 1.82) is 0 Å². The maximum Gasteiger partial charge on any atom is 0.306 e. The van der Waals surface area contributed by atoms with Gasteiger partial charge in [-0.15, -0.1) is 0 Å². The minimum absolute atomic E-state index is 0.105. The van der Waals surface area contributed by atoms with Crippen molar-refractivity contribution >= 4 is 17.9 Å². The van der Waals surface area contributed by atoms with E-state index in [1.165, 1.54) is 186 Å². The van der Waals surface area contributed by atoms with E-state index in [9.17, 15) is 14.4 Å². The molecule has 0 spiro atoms. The minimum atomic E-state index is -0.816. The van der Waals surface area contributed by atoms with Crippen molar-refractivity contribution in [2.45, 2.75) is 322 Å². The largest absolute Gasteiger partial charge is 0.462 e. The average Bonchev–Trinajstić information content (AvgIpc) is 3.43. The summed E-state index contributed by atoms with van der Waals surface area (Å²) < 4.78 is 16.8. The van der Waals surface area contributed by atoms with Gasteiger partial charge in [0.05, 0.1) is 0 Å². The molecule has 0 heterocycles. The summed E-state index contributed by atoms with van der Waals surface area (Å²) in [6.07, 6.45) is 87.3. The molecule has 0 aromatic heterocycles. The first-order valence-corrected chi connectivity index (χ1v) is 32.7. The molecule has 1 atom stereocenters. The summed E-state index contributed by atoms with van der Waals surface area (Å²) in [5.74, 6) is -0.980. The molecule has 0 aromatic rings. The van der Waals surface area contributed by atoms with E-state index >= 15 is 0 Å². The van der Waals surface area contributed by atoms with E-state index in [1.807, 2.05) is 6.08 Å². The third-order valence-corrected chi connectivity index (χ3v) is 14.1. The number of carbonyl (C=O) groups is 3. The first kappa shape index (κ1) is 73.3. The van der Waals surface area contributed by atoms with E-state index in [0.29, 0.717) is 19.3 Å².